The lowest BCUT2D eigenvalue weighted by Gasteiger charge is -2.39. The topological polar surface area (TPSA) is 50.2 Å². The standard InChI is InChI=1S/C14H24N4O/c1-4-15-11(2)12-7-5-6-9-18(12)13-14(19)17(3)10-8-16-13/h8,10-12,15H,4-7,9H2,1-3H3. The van der Waals surface area contributed by atoms with Gasteiger partial charge in [0, 0.05) is 38.1 Å². The smallest absolute Gasteiger partial charge is 0.293 e. The SMILES string of the molecule is CCNC(C)C1CCCCN1c1nccn(C)c1=O. The number of rotatable bonds is 4. The third-order valence-corrected chi connectivity index (χ3v) is 3.92. The largest absolute Gasteiger partial charge is 0.347 e. The van der Waals surface area contributed by atoms with Gasteiger partial charge in [0.2, 0.25) is 0 Å². The number of hydrogen-bond acceptors (Lipinski definition) is 4. The molecule has 1 fully saturated rings. The van der Waals surface area contributed by atoms with E-state index in [0.717, 1.165) is 25.9 Å². The molecule has 5 heteroatoms. The van der Waals surface area contributed by atoms with Crippen molar-refractivity contribution in [2.24, 2.45) is 7.05 Å². The second-order valence-corrected chi connectivity index (χ2v) is 5.27. The van der Waals surface area contributed by atoms with E-state index in [1.54, 1.807) is 24.0 Å². The van der Waals surface area contributed by atoms with Crippen LogP contribution in [-0.4, -0.2) is 34.7 Å². The highest BCUT2D eigenvalue weighted by atomic mass is 16.1. The molecule has 0 radical (unpaired) electrons. The summed E-state index contributed by atoms with van der Waals surface area (Å²) in [6, 6.07) is 0.730. The van der Waals surface area contributed by atoms with Crippen LogP contribution in [0, 0.1) is 0 Å². The first kappa shape index (κ1) is 14.1. The monoisotopic (exact) mass is 264 g/mol. The van der Waals surface area contributed by atoms with Gasteiger partial charge in [0.1, 0.15) is 0 Å². The number of likely N-dealkylation sites (N-methyl/N-ethyl adjacent to an activating group) is 1. The quantitative estimate of drug-likeness (QED) is 0.886. The molecule has 0 aliphatic carbocycles. The maximum atomic E-state index is 12.2. The van der Waals surface area contributed by atoms with Crippen LogP contribution in [0.1, 0.15) is 33.1 Å². The maximum Gasteiger partial charge on any atom is 0.293 e. The van der Waals surface area contributed by atoms with Gasteiger partial charge < -0.3 is 14.8 Å². The molecule has 106 valence electrons. The van der Waals surface area contributed by atoms with Gasteiger partial charge >= 0.3 is 0 Å². The molecule has 0 bridgehead atoms. The predicted octanol–water partition coefficient (Wildman–Crippen LogP) is 1.14. The van der Waals surface area contributed by atoms with Crippen LogP contribution in [0.2, 0.25) is 0 Å². The Morgan fingerprint density at radius 1 is 1.53 bits per heavy atom. The molecular weight excluding hydrogens is 240 g/mol. The van der Waals surface area contributed by atoms with Crippen molar-refractivity contribution in [3.63, 3.8) is 0 Å². The van der Waals surface area contributed by atoms with Crippen LogP contribution in [0.15, 0.2) is 17.2 Å². The molecule has 1 aliphatic heterocycles. The molecule has 0 spiro atoms. The number of hydrogen-bond donors (Lipinski definition) is 1. The molecule has 0 aromatic carbocycles. The zero-order valence-corrected chi connectivity index (χ0v) is 12.1. The Labute approximate surface area is 114 Å². The van der Waals surface area contributed by atoms with E-state index in [1.165, 1.54) is 6.42 Å². The average Bonchev–Trinajstić information content (AvgIpc) is 2.42. The lowest BCUT2D eigenvalue weighted by molar-refractivity contribution is 0.369. The molecule has 2 heterocycles. The van der Waals surface area contributed by atoms with Gasteiger partial charge in [-0.1, -0.05) is 6.92 Å². The Balaban J connectivity index is 2.29. The van der Waals surface area contributed by atoms with E-state index in [1.807, 2.05) is 0 Å². The highest BCUT2D eigenvalue weighted by molar-refractivity contribution is 5.38. The van der Waals surface area contributed by atoms with Crippen molar-refractivity contribution in [1.82, 2.24) is 14.9 Å². The van der Waals surface area contributed by atoms with Gasteiger partial charge in [-0.2, -0.15) is 0 Å². The Hall–Kier alpha value is -1.36. The molecule has 1 aromatic rings. The van der Waals surface area contributed by atoms with Gasteiger partial charge in [-0.05, 0) is 32.7 Å². The fraction of sp³-hybridized carbons (Fsp3) is 0.714. The summed E-state index contributed by atoms with van der Waals surface area (Å²) in [5.41, 5.74) is -0.00176. The molecule has 2 atom stereocenters. The highest BCUT2D eigenvalue weighted by Gasteiger charge is 2.29. The first-order valence-corrected chi connectivity index (χ1v) is 7.16. The van der Waals surface area contributed by atoms with Gasteiger partial charge in [-0.25, -0.2) is 4.98 Å². The number of piperidine rings is 1. The van der Waals surface area contributed by atoms with Crippen molar-refractivity contribution < 1.29 is 0 Å². The van der Waals surface area contributed by atoms with E-state index in [-0.39, 0.29) is 5.56 Å². The fourth-order valence-corrected chi connectivity index (χ4v) is 2.88. The zero-order chi connectivity index (χ0) is 13.8. The fourth-order valence-electron chi connectivity index (χ4n) is 2.88. The van der Waals surface area contributed by atoms with Crippen LogP contribution in [0.25, 0.3) is 0 Å². The maximum absolute atomic E-state index is 12.2. The minimum absolute atomic E-state index is 0.00176. The van der Waals surface area contributed by atoms with Crippen LogP contribution in [-0.2, 0) is 7.05 Å². The Morgan fingerprint density at radius 2 is 2.32 bits per heavy atom. The summed E-state index contributed by atoms with van der Waals surface area (Å²) in [6.45, 7) is 6.18. The second kappa shape index (κ2) is 6.19. The van der Waals surface area contributed by atoms with Crippen LogP contribution >= 0.6 is 0 Å². The molecule has 1 saturated heterocycles. The van der Waals surface area contributed by atoms with E-state index in [2.05, 4.69) is 29.0 Å². The molecule has 0 amide bonds. The van der Waals surface area contributed by atoms with E-state index in [9.17, 15) is 4.79 Å². The van der Waals surface area contributed by atoms with Crippen LogP contribution in [0.5, 0.6) is 0 Å². The molecule has 2 unspecified atom stereocenters. The lowest BCUT2D eigenvalue weighted by Crippen LogP contribution is -2.53. The molecule has 5 nitrogen and oxygen atoms in total. The van der Waals surface area contributed by atoms with Crippen LogP contribution in [0.3, 0.4) is 0 Å². The molecule has 1 aliphatic rings. The minimum Gasteiger partial charge on any atom is -0.347 e. The summed E-state index contributed by atoms with van der Waals surface area (Å²) in [7, 11) is 1.78. The second-order valence-electron chi connectivity index (χ2n) is 5.27. The first-order valence-electron chi connectivity index (χ1n) is 7.16. The lowest BCUT2D eigenvalue weighted by atomic mass is 9.96. The molecular formula is C14H24N4O. The van der Waals surface area contributed by atoms with Crippen molar-refractivity contribution in [3.8, 4) is 0 Å². The molecule has 2 rings (SSSR count). The third-order valence-electron chi connectivity index (χ3n) is 3.92. The summed E-state index contributed by atoms with van der Waals surface area (Å²) < 4.78 is 1.60. The predicted molar refractivity (Wildman–Crippen MR) is 77.6 cm³/mol. The Bertz CT molecular complexity index is 471. The Morgan fingerprint density at radius 3 is 3.05 bits per heavy atom. The van der Waals surface area contributed by atoms with Gasteiger partial charge in [-0.3, -0.25) is 4.79 Å². The van der Waals surface area contributed by atoms with Crippen molar-refractivity contribution in [2.45, 2.75) is 45.2 Å². The van der Waals surface area contributed by atoms with Gasteiger partial charge in [0.05, 0.1) is 0 Å². The molecule has 1 N–H and O–H groups in total. The summed E-state index contributed by atoms with van der Waals surface area (Å²) in [6.07, 6.45) is 6.89. The van der Waals surface area contributed by atoms with Crippen molar-refractivity contribution in [3.05, 3.63) is 22.7 Å². The number of nitrogens with one attached hydrogen (secondary N) is 1. The molecule has 19 heavy (non-hydrogen) atoms. The molecule has 0 saturated carbocycles. The summed E-state index contributed by atoms with van der Waals surface area (Å²) in [5.74, 6) is 0.597. The van der Waals surface area contributed by atoms with Crippen molar-refractivity contribution >= 4 is 5.82 Å². The van der Waals surface area contributed by atoms with Gasteiger partial charge in [0.15, 0.2) is 5.82 Å². The van der Waals surface area contributed by atoms with E-state index >= 15 is 0 Å². The van der Waals surface area contributed by atoms with Gasteiger partial charge in [0.25, 0.3) is 5.56 Å². The average molecular weight is 264 g/mol. The number of nitrogens with zero attached hydrogens (tertiary/aromatic N) is 3. The number of aromatic nitrogens is 2. The highest BCUT2D eigenvalue weighted by Crippen LogP contribution is 2.22. The summed E-state index contributed by atoms with van der Waals surface area (Å²) in [4.78, 5) is 18.7. The van der Waals surface area contributed by atoms with Crippen LogP contribution < -0.4 is 15.8 Å². The van der Waals surface area contributed by atoms with E-state index < -0.39 is 0 Å². The summed E-state index contributed by atoms with van der Waals surface area (Å²) >= 11 is 0. The van der Waals surface area contributed by atoms with Gasteiger partial charge in [-0.15, -0.1) is 0 Å². The molecule has 1 aromatic heterocycles. The Kier molecular flexibility index (Phi) is 4.58. The van der Waals surface area contributed by atoms with E-state index in [0.29, 0.717) is 17.9 Å². The van der Waals surface area contributed by atoms with Crippen molar-refractivity contribution in [1.29, 1.82) is 0 Å². The normalized spacial score (nSPS) is 21.4. The number of aryl methyl sites for hydroxylation is 1. The summed E-state index contributed by atoms with van der Waals surface area (Å²) in [5, 5.41) is 3.47. The minimum atomic E-state index is -0.00176. The number of anilines is 1. The van der Waals surface area contributed by atoms with Crippen molar-refractivity contribution in [2.75, 3.05) is 18.0 Å². The zero-order valence-electron chi connectivity index (χ0n) is 12.1. The van der Waals surface area contributed by atoms with E-state index in [4.69, 9.17) is 0 Å². The van der Waals surface area contributed by atoms with Crippen LogP contribution in [0.4, 0.5) is 5.82 Å². The first-order chi connectivity index (χ1) is 9.15. The third kappa shape index (κ3) is 2.97.